The number of anilines is 3. The molecule has 10 heteroatoms. The fourth-order valence-corrected chi connectivity index (χ4v) is 3.85. The van der Waals surface area contributed by atoms with E-state index in [2.05, 4.69) is 25.6 Å². The van der Waals surface area contributed by atoms with Crippen molar-refractivity contribution in [2.45, 2.75) is 12.6 Å². The molecule has 0 amide bonds. The van der Waals surface area contributed by atoms with Gasteiger partial charge in [0.2, 0.25) is 5.95 Å². The van der Waals surface area contributed by atoms with Crippen molar-refractivity contribution in [2.75, 3.05) is 24.3 Å². The van der Waals surface area contributed by atoms with Gasteiger partial charge < -0.3 is 15.4 Å². The standard InChI is InChI=1S/C27H23F3N6O/c1-37-22-13-7-18(8-14-22)15-16-31-24-23-25(36(17-32-23)21-5-3-2-4-6-21)35-26(34-24)33-20-11-9-19(10-12-20)27(28,29)30/h2-14,17H,15-16H2,1H3,(H2,31,33,34,35). The molecule has 188 valence electrons. The Morgan fingerprint density at radius 3 is 2.30 bits per heavy atom. The molecular weight excluding hydrogens is 481 g/mol. The van der Waals surface area contributed by atoms with Crippen LogP contribution in [0.1, 0.15) is 11.1 Å². The number of imidazole rings is 1. The summed E-state index contributed by atoms with van der Waals surface area (Å²) in [5.41, 5.74) is 2.84. The van der Waals surface area contributed by atoms with Crippen LogP contribution in [0.25, 0.3) is 16.9 Å². The number of benzene rings is 3. The second kappa shape index (κ2) is 10.2. The number of aromatic nitrogens is 4. The van der Waals surface area contributed by atoms with Gasteiger partial charge in [0.1, 0.15) is 12.1 Å². The van der Waals surface area contributed by atoms with Crippen LogP contribution in [0.3, 0.4) is 0 Å². The molecule has 0 saturated heterocycles. The highest BCUT2D eigenvalue weighted by molar-refractivity contribution is 5.86. The van der Waals surface area contributed by atoms with Gasteiger partial charge in [0.25, 0.3) is 0 Å². The summed E-state index contributed by atoms with van der Waals surface area (Å²) >= 11 is 0. The van der Waals surface area contributed by atoms with Crippen molar-refractivity contribution in [1.82, 2.24) is 19.5 Å². The largest absolute Gasteiger partial charge is 0.497 e. The van der Waals surface area contributed by atoms with E-state index >= 15 is 0 Å². The number of para-hydroxylation sites is 1. The molecule has 5 rings (SSSR count). The first-order valence-corrected chi connectivity index (χ1v) is 11.5. The Bertz CT molecular complexity index is 1480. The number of halogens is 3. The van der Waals surface area contributed by atoms with E-state index in [0.717, 1.165) is 35.6 Å². The van der Waals surface area contributed by atoms with Gasteiger partial charge in [0.05, 0.1) is 12.7 Å². The molecule has 0 bridgehead atoms. The molecule has 0 radical (unpaired) electrons. The van der Waals surface area contributed by atoms with Crippen molar-refractivity contribution < 1.29 is 17.9 Å². The van der Waals surface area contributed by atoms with E-state index in [9.17, 15) is 13.2 Å². The molecule has 0 aliphatic heterocycles. The molecule has 0 atom stereocenters. The summed E-state index contributed by atoms with van der Waals surface area (Å²) < 4.78 is 45.9. The van der Waals surface area contributed by atoms with Gasteiger partial charge in [0, 0.05) is 17.9 Å². The lowest BCUT2D eigenvalue weighted by Crippen LogP contribution is -2.10. The normalized spacial score (nSPS) is 11.5. The number of ether oxygens (including phenoxy) is 1. The number of alkyl halides is 3. The van der Waals surface area contributed by atoms with Gasteiger partial charge in [-0.05, 0) is 60.5 Å². The zero-order valence-corrected chi connectivity index (χ0v) is 19.8. The summed E-state index contributed by atoms with van der Waals surface area (Å²) in [6.45, 7) is 0.580. The highest BCUT2D eigenvalue weighted by Crippen LogP contribution is 2.31. The molecule has 2 N–H and O–H groups in total. The van der Waals surface area contributed by atoms with Crippen molar-refractivity contribution in [3.8, 4) is 11.4 Å². The summed E-state index contributed by atoms with van der Waals surface area (Å²) in [7, 11) is 1.63. The SMILES string of the molecule is COc1ccc(CCNc2nc(Nc3ccc(C(F)(F)F)cc3)nc3c2ncn3-c2ccccc2)cc1. The maximum atomic E-state index is 13.0. The Kier molecular flexibility index (Phi) is 6.63. The molecule has 0 aliphatic rings. The average Bonchev–Trinajstić information content (AvgIpc) is 3.33. The van der Waals surface area contributed by atoms with E-state index in [1.165, 1.54) is 12.1 Å². The molecule has 37 heavy (non-hydrogen) atoms. The summed E-state index contributed by atoms with van der Waals surface area (Å²) in [5.74, 6) is 1.54. The highest BCUT2D eigenvalue weighted by atomic mass is 19.4. The molecular formula is C27H23F3N6O. The molecule has 5 aromatic rings. The molecule has 0 aliphatic carbocycles. The first-order valence-electron chi connectivity index (χ1n) is 11.5. The van der Waals surface area contributed by atoms with Crippen LogP contribution in [-0.4, -0.2) is 33.2 Å². The van der Waals surface area contributed by atoms with Crippen LogP contribution in [0, 0.1) is 0 Å². The number of rotatable bonds is 8. The zero-order chi connectivity index (χ0) is 25.8. The second-order valence-corrected chi connectivity index (χ2v) is 8.24. The quantitative estimate of drug-likeness (QED) is 0.261. The maximum absolute atomic E-state index is 13.0. The minimum atomic E-state index is -4.41. The molecule has 0 spiro atoms. The van der Waals surface area contributed by atoms with Crippen LogP contribution in [0.15, 0.2) is 85.2 Å². The van der Waals surface area contributed by atoms with E-state index < -0.39 is 11.7 Å². The number of nitrogens with zero attached hydrogens (tertiary/aromatic N) is 4. The number of nitrogens with one attached hydrogen (secondary N) is 2. The minimum Gasteiger partial charge on any atom is -0.497 e. The first kappa shape index (κ1) is 24.1. The zero-order valence-electron chi connectivity index (χ0n) is 19.8. The van der Waals surface area contributed by atoms with Gasteiger partial charge in [-0.15, -0.1) is 0 Å². The van der Waals surface area contributed by atoms with Gasteiger partial charge in [-0.3, -0.25) is 4.57 Å². The Balaban J connectivity index is 1.44. The number of hydrogen-bond donors (Lipinski definition) is 2. The topological polar surface area (TPSA) is 76.9 Å². The molecule has 2 heterocycles. The number of hydrogen-bond acceptors (Lipinski definition) is 6. The fourth-order valence-electron chi connectivity index (χ4n) is 3.85. The third-order valence-corrected chi connectivity index (χ3v) is 5.76. The second-order valence-electron chi connectivity index (χ2n) is 8.24. The molecule has 0 saturated carbocycles. The van der Waals surface area contributed by atoms with Gasteiger partial charge in [-0.25, -0.2) is 4.98 Å². The summed E-state index contributed by atoms with van der Waals surface area (Å²) in [6, 6.07) is 22.2. The van der Waals surface area contributed by atoms with Crippen molar-refractivity contribution in [3.05, 3.63) is 96.3 Å². The third kappa shape index (κ3) is 5.48. The van der Waals surface area contributed by atoms with Gasteiger partial charge in [-0.2, -0.15) is 23.1 Å². The lowest BCUT2D eigenvalue weighted by molar-refractivity contribution is -0.137. The smallest absolute Gasteiger partial charge is 0.416 e. The molecule has 7 nitrogen and oxygen atoms in total. The van der Waals surface area contributed by atoms with Crippen molar-refractivity contribution in [2.24, 2.45) is 0 Å². The minimum absolute atomic E-state index is 0.233. The van der Waals surface area contributed by atoms with E-state index in [4.69, 9.17) is 4.74 Å². The van der Waals surface area contributed by atoms with E-state index in [1.54, 1.807) is 13.4 Å². The summed E-state index contributed by atoms with van der Waals surface area (Å²) in [4.78, 5) is 13.7. The Labute approximate surface area is 211 Å². The van der Waals surface area contributed by atoms with Crippen molar-refractivity contribution in [1.29, 1.82) is 0 Å². The van der Waals surface area contributed by atoms with Gasteiger partial charge in [-0.1, -0.05) is 30.3 Å². The average molecular weight is 505 g/mol. The predicted molar refractivity (Wildman–Crippen MR) is 137 cm³/mol. The Hall–Kier alpha value is -4.60. The molecule has 0 unspecified atom stereocenters. The van der Waals surface area contributed by atoms with Crippen LogP contribution < -0.4 is 15.4 Å². The van der Waals surface area contributed by atoms with E-state index in [1.807, 2.05) is 59.2 Å². The van der Waals surface area contributed by atoms with E-state index in [-0.39, 0.29) is 5.95 Å². The first-order chi connectivity index (χ1) is 17.9. The Morgan fingerprint density at radius 1 is 0.892 bits per heavy atom. The van der Waals surface area contributed by atoms with Crippen LogP contribution in [-0.2, 0) is 12.6 Å². The Morgan fingerprint density at radius 2 is 1.62 bits per heavy atom. The third-order valence-electron chi connectivity index (χ3n) is 5.76. The highest BCUT2D eigenvalue weighted by Gasteiger charge is 2.30. The van der Waals surface area contributed by atoms with Gasteiger partial charge in [0.15, 0.2) is 17.0 Å². The van der Waals surface area contributed by atoms with E-state index in [0.29, 0.717) is 29.2 Å². The maximum Gasteiger partial charge on any atom is 0.416 e. The molecule has 2 aromatic heterocycles. The number of methoxy groups -OCH3 is 1. The monoisotopic (exact) mass is 504 g/mol. The van der Waals surface area contributed by atoms with Crippen LogP contribution in [0.4, 0.5) is 30.6 Å². The van der Waals surface area contributed by atoms with Gasteiger partial charge >= 0.3 is 6.18 Å². The van der Waals surface area contributed by atoms with Crippen LogP contribution in [0.5, 0.6) is 5.75 Å². The summed E-state index contributed by atoms with van der Waals surface area (Å²) in [6.07, 6.45) is -2.00. The van der Waals surface area contributed by atoms with Crippen LogP contribution in [0.2, 0.25) is 0 Å². The van der Waals surface area contributed by atoms with Crippen LogP contribution >= 0.6 is 0 Å². The van der Waals surface area contributed by atoms with Crippen molar-refractivity contribution in [3.63, 3.8) is 0 Å². The van der Waals surface area contributed by atoms with Crippen molar-refractivity contribution >= 4 is 28.6 Å². The molecule has 3 aromatic carbocycles. The lowest BCUT2D eigenvalue weighted by Gasteiger charge is -2.12. The fraction of sp³-hybridized carbons (Fsp3) is 0.148. The summed E-state index contributed by atoms with van der Waals surface area (Å²) in [5, 5.41) is 6.36. The molecule has 0 fully saturated rings. The number of fused-ring (bicyclic) bond motifs is 1. The predicted octanol–water partition coefficient (Wildman–Crippen LogP) is 6.24. The lowest BCUT2D eigenvalue weighted by atomic mass is 10.1.